The van der Waals surface area contributed by atoms with Gasteiger partial charge in [-0.3, -0.25) is 9.78 Å². The zero-order chi connectivity index (χ0) is 13.5. The molecule has 1 heterocycles. The average Bonchev–Trinajstić information content (AvgIpc) is 2.45. The molecule has 1 fully saturated rings. The summed E-state index contributed by atoms with van der Waals surface area (Å²) in [6.07, 6.45) is 8.44. The Labute approximate surface area is 114 Å². The second-order valence-corrected chi connectivity index (χ2v) is 5.37. The lowest BCUT2D eigenvalue weighted by Gasteiger charge is -2.26. The van der Waals surface area contributed by atoms with Crippen molar-refractivity contribution in [3.63, 3.8) is 0 Å². The highest BCUT2D eigenvalue weighted by molar-refractivity contribution is 5.69. The van der Waals surface area contributed by atoms with E-state index in [1.165, 1.54) is 5.56 Å². The molecule has 2 rings (SSSR count). The quantitative estimate of drug-likeness (QED) is 0.771. The van der Waals surface area contributed by atoms with Gasteiger partial charge in [0.1, 0.15) is 0 Å². The first-order valence-electron chi connectivity index (χ1n) is 7.08. The number of carbonyl (C=O) groups is 1. The number of rotatable bonds is 6. The SMILES string of the molecule is O=C(O)C1CCC(CNCCc2cccnc2)CC1. The molecule has 1 saturated carbocycles. The predicted octanol–water partition coefficient (Wildman–Crippen LogP) is 2.10. The van der Waals surface area contributed by atoms with Gasteiger partial charge in [-0.1, -0.05) is 6.07 Å². The van der Waals surface area contributed by atoms with E-state index >= 15 is 0 Å². The number of nitrogens with one attached hydrogen (secondary N) is 1. The lowest BCUT2D eigenvalue weighted by molar-refractivity contribution is -0.143. The first-order valence-corrected chi connectivity index (χ1v) is 7.08. The smallest absolute Gasteiger partial charge is 0.306 e. The van der Waals surface area contributed by atoms with Gasteiger partial charge in [0.05, 0.1) is 5.92 Å². The summed E-state index contributed by atoms with van der Waals surface area (Å²) in [5.74, 6) is -0.0841. The largest absolute Gasteiger partial charge is 0.481 e. The van der Waals surface area contributed by atoms with E-state index in [9.17, 15) is 4.79 Å². The van der Waals surface area contributed by atoms with Crippen molar-refractivity contribution in [1.29, 1.82) is 0 Å². The van der Waals surface area contributed by atoms with E-state index in [-0.39, 0.29) is 5.92 Å². The van der Waals surface area contributed by atoms with Crippen LogP contribution in [0.3, 0.4) is 0 Å². The number of nitrogens with zero attached hydrogens (tertiary/aromatic N) is 1. The molecular weight excluding hydrogens is 240 g/mol. The van der Waals surface area contributed by atoms with Crippen LogP contribution in [-0.2, 0) is 11.2 Å². The van der Waals surface area contributed by atoms with Crippen LogP contribution in [0.25, 0.3) is 0 Å². The van der Waals surface area contributed by atoms with Gasteiger partial charge >= 0.3 is 5.97 Å². The summed E-state index contributed by atoms with van der Waals surface area (Å²) in [4.78, 5) is 15.0. The molecule has 0 spiro atoms. The first-order chi connectivity index (χ1) is 9.25. The highest BCUT2D eigenvalue weighted by atomic mass is 16.4. The number of carboxylic acid groups (broad SMARTS) is 1. The molecule has 0 aromatic carbocycles. The highest BCUT2D eigenvalue weighted by Crippen LogP contribution is 2.28. The zero-order valence-electron chi connectivity index (χ0n) is 11.2. The number of aromatic nitrogens is 1. The Hall–Kier alpha value is -1.42. The minimum absolute atomic E-state index is 0.105. The van der Waals surface area contributed by atoms with Crippen molar-refractivity contribution in [2.45, 2.75) is 32.1 Å². The standard InChI is InChI=1S/C15H22N2O2/c18-15(19)14-5-3-13(4-6-14)11-17-9-7-12-2-1-8-16-10-12/h1-2,8,10,13-14,17H,3-7,9,11H2,(H,18,19). The number of carboxylic acids is 1. The van der Waals surface area contributed by atoms with Crippen LogP contribution >= 0.6 is 0 Å². The van der Waals surface area contributed by atoms with Crippen molar-refractivity contribution >= 4 is 5.97 Å². The molecular formula is C15H22N2O2. The molecule has 0 atom stereocenters. The molecule has 19 heavy (non-hydrogen) atoms. The Kier molecular flexibility index (Phi) is 5.33. The zero-order valence-corrected chi connectivity index (χ0v) is 11.2. The van der Waals surface area contributed by atoms with Gasteiger partial charge in [-0.15, -0.1) is 0 Å². The predicted molar refractivity (Wildman–Crippen MR) is 73.9 cm³/mol. The highest BCUT2D eigenvalue weighted by Gasteiger charge is 2.25. The lowest BCUT2D eigenvalue weighted by Crippen LogP contribution is -2.29. The van der Waals surface area contributed by atoms with E-state index in [1.807, 2.05) is 12.3 Å². The molecule has 0 aliphatic heterocycles. The molecule has 0 unspecified atom stereocenters. The Balaban J connectivity index is 1.58. The van der Waals surface area contributed by atoms with Crippen molar-refractivity contribution in [3.05, 3.63) is 30.1 Å². The van der Waals surface area contributed by atoms with E-state index in [0.29, 0.717) is 5.92 Å². The van der Waals surface area contributed by atoms with E-state index in [1.54, 1.807) is 6.20 Å². The summed E-state index contributed by atoms with van der Waals surface area (Å²) in [6.45, 7) is 1.97. The molecule has 0 radical (unpaired) electrons. The van der Waals surface area contributed by atoms with Crippen molar-refractivity contribution in [1.82, 2.24) is 10.3 Å². The number of hydrogen-bond acceptors (Lipinski definition) is 3. The minimum Gasteiger partial charge on any atom is -0.481 e. The van der Waals surface area contributed by atoms with E-state index < -0.39 is 5.97 Å². The first kappa shape index (κ1) is 14.0. The molecule has 4 nitrogen and oxygen atoms in total. The molecule has 1 aromatic heterocycles. The third kappa shape index (κ3) is 4.63. The van der Waals surface area contributed by atoms with E-state index in [0.717, 1.165) is 45.2 Å². The fourth-order valence-corrected chi connectivity index (χ4v) is 2.70. The van der Waals surface area contributed by atoms with Crippen LogP contribution in [-0.4, -0.2) is 29.1 Å². The molecule has 0 bridgehead atoms. The average molecular weight is 262 g/mol. The van der Waals surface area contributed by atoms with Gasteiger partial charge in [0, 0.05) is 12.4 Å². The third-order valence-electron chi connectivity index (χ3n) is 3.94. The van der Waals surface area contributed by atoms with Crippen LogP contribution in [0.4, 0.5) is 0 Å². The van der Waals surface area contributed by atoms with Crippen LogP contribution in [0.15, 0.2) is 24.5 Å². The summed E-state index contributed by atoms with van der Waals surface area (Å²) in [6, 6.07) is 4.05. The minimum atomic E-state index is -0.622. The van der Waals surface area contributed by atoms with Crippen LogP contribution in [0.2, 0.25) is 0 Å². The summed E-state index contributed by atoms with van der Waals surface area (Å²) in [7, 11) is 0. The van der Waals surface area contributed by atoms with Crippen molar-refractivity contribution in [2.24, 2.45) is 11.8 Å². The Morgan fingerprint density at radius 1 is 1.37 bits per heavy atom. The van der Waals surface area contributed by atoms with Crippen molar-refractivity contribution in [3.8, 4) is 0 Å². The van der Waals surface area contributed by atoms with Gasteiger partial charge in [-0.2, -0.15) is 0 Å². The van der Waals surface area contributed by atoms with Crippen molar-refractivity contribution in [2.75, 3.05) is 13.1 Å². The van der Waals surface area contributed by atoms with E-state index in [4.69, 9.17) is 5.11 Å². The monoisotopic (exact) mass is 262 g/mol. The Morgan fingerprint density at radius 2 is 2.16 bits per heavy atom. The molecule has 1 aromatic rings. The fourth-order valence-electron chi connectivity index (χ4n) is 2.70. The maximum atomic E-state index is 10.9. The molecule has 0 saturated heterocycles. The van der Waals surface area contributed by atoms with Gasteiger partial charge in [0.15, 0.2) is 0 Å². The molecule has 2 N–H and O–H groups in total. The normalized spacial score (nSPS) is 23.2. The number of pyridine rings is 1. The summed E-state index contributed by atoms with van der Waals surface area (Å²) < 4.78 is 0. The molecule has 1 aliphatic rings. The molecule has 4 heteroatoms. The van der Waals surface area contributed by atoms with Crippen LogP contribution < -0.4 is 5.32 Å². The number of aliphatic carboxylic acids is 1. The van der Waals surface area contributed by atoms with E-state index in [2.05, 4.69) is 16.4 Å². The maximum absolute atomic E-state index is 10.9. The summed E-state index contributed by atoms with van der Waals surface area (Å²) in [5.41, 5.74) is 1.25. The third-order valence-corrected chi connectivity index (χ3v) is 3.94. The molecule has 0 amide bonds. The van der Waals surface area contributed by atoms with Gasteiger partial charge in [0.2, 0.25) is 0 Å². The molecule has 1 aliphatic carbocycles. The van der Waals surface area contributed by atoms with Crippen LogP contribution in [0, 0.1) is 11.8 Å². The Bertz CT molecular complexity index is 386. The maximum Gasteiger partial charge on any atom is 0.306 e. The van der Waals surface area contributed by atoms with Crippen LogP contribution in [0.5, 0.6) is 0 Å². The second kappa shape index (κ2) is 7.24. The number of hydrogen-bond donors (Lipinski definition) is 2. The van der Waals surface area contributed by atoms with Gasteiger partial charge in [0.25, 0.3) is 0 Å². The summed E-state index contributed by atoms with van der Waals surface area (Å²) >= 11 is 0. The fraction of sp³-hybridized carbons (Fsp3) is 0.600. The Morgan fingerprint density at radius 3 is 2.79 bits per heavy atom. The van der Waals surface area contributed by atoms with Gasteiger partial charge in [-0.25, -0.2) is 0 Å². The van der Waals surface area contributed by atoms with Gasteiger partial charge in [-0.05, 0) is 62.7 Å². The van der Waals surface area contributed by atoms with Crippen LogP contribution in [0.1, 0.15) is 31.2 Å². The lowest BCUT2D eigenvalue weighted by atomic mass is 9.82. The second-order valence-electron chi connectivity index (χ2n) is 5.37. The summed E-state index contributed by atoms with van der Waals surface area (Å²) in [5, 5.41) is 12.4. The topological polar surface area (TPSA) is 62.2 Å². The van der Waals surface area contributed by atoms with Gasteiger partial charge < -0.3 is 10.4 Å². The van der Waals surface area contributed by atoms with Crippen molar-refractivity contribution < 1.29 is 9.90 Å². The molecule has 104 valence electrons.